The monoisotopic (exact) mass is 284 g/mol. The number of nitrogens with zero attached hydrogens (tertiary/aromatic N) is 1. The molecule has 0 aliphatic carbocycles. The van der Waals surface area contributed by atoms with Gasteiger partial charge in [-0.2, -0.15) is 0 Å². The van der Waals surface area contributed by atoms with Gasteiger partial charge in [0.15, 0.2) is 0 Å². The van der Waals surface area contributed by atoms with Crippen molar-refractivity contribution < 1.29 is 9.72 Å². The maximum atomic E-state index is 11.9. The molecule has 6 heteroatoms. The zero-order chi connectivity index (χ0) is 14.4. The van der Waals surface area contributed by atoms with Crippen LogP contribution in [0.5, 0.6) is 0 Å². The van der Waals surface area contributed by atoms with Crippen molar-refractivity contribution in [2.75, 3.05) is 6.54 Å². The van der Waals surface area contributed by atoms with E-state index in [1.165, 1.54) is 18.2 Å². The molecule has 0 spiro atoms. The van der Waals surface area contributed by atoms with Gasteiger partial charge in [-0.25, -0.2) is 0 Å². The number of carbonyl (C=O) groups is 1. The van der Waals surface area contributed by atoms with E-state index in [9.17, 15) is 14.9 Å². The molecule has 0 fully saturated rings. The van der Waals surface area contributed by atoms with Crippen LogP contribution in [-0.4, -0.2) is 22.8 Å². The van der Waals surface area contributed by atoms with Gasteiger partial charge in [0.2, 0.25) is 0 Å². The molecule has 19 heavy (non-hydrogen) atoms. The Morgan fingerprint density at radius 1 is 1.53 bits per heavy atom. The molecule has 1 aromatic carbocycles. The molecule has 0 aromatic heterocycles. The lowest BCUT2D eigenvalue weighted by molar-refractivity contribution is -0.384. The highest BCUT2D eigenvalue weighted by atomic mass is 35.5. The van der Waals surface area contributed by atoms with Crippen LogP contribution in [0.4, 0.5) is 5.69 Å². The number of alkyl halides is 1. The molecule has 1 aromatic rings. The predicted molar refractivity (Wildman–Crippen MR) is 74.7 cm³/mol. The summed E-state index contributed by atoms with van der Waals surface area (Å²) in [6.07, 6.45) is 1.64. The third-order valence-electron chi connectivity index (χ3n) is 2.73. The van der Waals surface area contributed by atoms with Crippen LogP contribution in [0.2, 0.25) is 0 Å². The smallest absolute Gasteiger partial charge is 0.269 e. The first-order valence-electron chi connectivity index (χ1n) is 6.09. The highest BCUT2D eigenvalue weighted by molar-refractivity contribution is 6.20. The van der Waals surface area contributed by atoms with Crippen molar-refractivity contribution in [1.29, 1.82) is 0 Å². The summed E-state index contributed by atoms with van der Waals surface area (Å²) in [4.78, 5) is 22.0. The minimum absolute atomic E-state index is 0.00925. The molecule has 104 valence electrons. The van der Waals surface area contributed by atoms with E-state index < -0.39 is 4.92 Å². The maximum Gasteiger partial charge on any atom is 0.269 e. The average molecular weight is 285 g/mol. The van der Waals surface area contributed by atoms with Gasteiger partial charge in [0.05, 0.1) is 4.92 Å². The summed E-state index contributed by atoms with van der Waals surface area (Å²) in [5.41, 5.74) is 1.05. The van der Waals surface area contributed by atoms with E-state index in [1.807, 2.05) is 6.92 Å². The van der Waals surface area contributed by atoms with Gasteiger partial charge in [-0.1, -0.05) is 0 Å². The lowest BCUT2D eigenvalue weighted by Crippen LogP contribution is -2.25. The minimum atomic E-state index is -0.476. The van der Waals surface area contributed by atoms with Gasteiger partial charge in [0.1, 0.15) is 0 Å². The molecule has 0 aliphatic heterocycles. The van der Waals surface area contributed by atoms with Crippen molar-refractivity contribution in [3.05, 3.63) is 39.4 Å². The number of halogens is 1. The third-order valence-corrected chi connectivity index (χ3v) is 2.95. The zero-order valence-electron chi connectivity index (χ0n) is 11.0. The van der Waals surface area contributed by atoms with Crippen LogP contribution in [0.15, 0.2) is 18.2 Å². The second-order valence-electron chi connectivity index (χ2n) is 4.44. The molecule has 0 heterocycles. The summed E-state index contributed by atoms with van der Waals surface area (Å²) in [6.45, 7) is 4.14. The number of hydrogen-bond donors (Lipinski definition) is 1. The van der Waals surface area contributed by atoms with E-state index in [1.54, 1.807) is 6.92 Å². The Labute approximate surface area is 117 Å². The normalized spacial score (nSPS) is 11.9. The molecule has 1 unspecified atom stereocenters. The van der Waals surface area contributed by atoms with Crippen molar-refractivity contribution in [2.24, 2.45) is 0 Å². The summed E-state index contributed by atoms with van der Waals surface area (Å²) >= 11 is 5.81. The fourth-order valence-electron chi connectivity index (χ4n) is 1.70. The van der Waals surface area contributed by atoms with Gasteiger partial charge < -0.3 is 5.32 Å². The Morgan fingerprint density at radius 3 is 2.74 bits per heavy atom. The van der Waals surface area contributed by atoms with Gasteiger partial charge in [-0.05, 0) is 38.3 Å². The van der Waals surface area contributed by atoms with Crippen LogP contribution in [0, 0.1) is 17.0 Å². The van der Waals surface area contributed by atoms with Gasteiger partial charge in [0, 0.05) is 29.6 Å². The number of rotatable bonds is 6. The van der Waals surface area contributed by atoms with Crippen molar-refractivity contribution in [2.45, 2.75) is 32.1 Å². The molecule has 5 nitrogen and oxygen atoms in total. The van der Waals surface area contributed by atoms with Crippen LogP contribution < -0.4 is 5.32 Å². The fraction of sp³-hybridized carbons (Fsp3) is 0.462. The van der Waals surface area contributed by atoms with Crippen molar-refractivity contribution in [3.63, 3.8) is 0 Å². The Kier molecular flexibility index (Phi) is 5.76. The summed E-state index contributed by atoms with van der Waals surface area (Å²) in [5.74, 6) is -0.213. The van der Waals surface area contributed by atoms with Gasteiger partial charge >= 0.3 is 0 Å². The Bertz CT molecular complexity index is 475. The van der Waals surface area contributed by atoms with Crippen LogP contribution in [0.1, 0.15) is 35.7 Å². The Hall–Kier alpha value is -1.62. The molecular weight excluding hydrogens is 268 g/mol. The van der Waals surface area contributed by atoms with Gasteiger partial charge in [-0.3, -0.25) is 14.9 Å². The summed E-state index contributed by atoms with van der Waals surface area (Å²) in [6, 6.07) is 4.21. The summed E-state index contributed by atoms with van der Waals surface area (Å²) in [7, 11) is 0. The highest BCUT2D eigenvalue weighted by Gasteiger charge is 2.13. The lowest BCUT2D eigenvalue weighted by atomic mass is 10.1. The number of carbonyl (C=O) groups excluding carboxylic acids is 1. The topological polar surface area (TPSA) is 72.2 Å². The first kappa shape index (κ1) is 15.4. The number of aryl methyl sites for hydroxylation is 1. The summed E-state index contributed by atoms with van der Waals surface area (Å²) in [5, 5.41) is 13.5. The van der Waals surface area contributed by atoms with E-state index in [0.717, 1.165) is 12.8 Å². The number of nitro groups is 1. The second kappa shape index (κ2) is 7.09. The molecule has 0 saturated heterocycles. The van der Waals surface area contributed by atoms with Gasteiger partial charge in [-0.15, -0.1) is 11.6 Å². The first-order chi connectivity index (χ1) is 8.91. The number of benzene rings is 1. The van der Waals surface area contributed by atoms with Crippen molar-refractivity contribution in [1.82, 2.24) is 5.32 Å². The van der Waals surface area contributed by atoms with Crippen LogP contribution in [-0.2, 0) is 0 Å². The van der Waals surface area contributed by atoms with E-state index in [-0.39, 0.29) is 17.0 Å². The van der Waals surface area contributed by atoms with Crippen LogP contribution in [0.25, 0.3) is 0 Å². The zero-order valence-corrected chi connectivity index (χ0v) is 11.7. The molecule has 0 saturated carbocycles. The number of non-ortho nitro benzene ring substituents is 1. The lowest BCUT2D eigenvalue weighted by Gasteiger charge is -2.08. The maximum absolute atomic E-state index is 11.9. The molecule has 1 atom stereocenters. The molecule has 0 aliphatic rings. The SMILES string of the molecule is Cc1cc([N+](=O)[O-])ccc1C(=O)NCCCC(C)Cl. The minimum Gasteiger partial charge on any atom is -0.352 e. The Morgan fingerprint density at radius 2 is 2.21 bits per heavy atom. The predicted octanol–water partition coefficient (Wildman–Crippen LogP) is 3.04. The Balaban J connectivity index is 2.60. The standard InChI is InChI=1S/C13H17ClN2O3/c1-9-8-11(16(18)19)5-6-12(9)13(17)15-7-3-4-10(2)14/h5-6,8,10H,3-4,7H2,1-2H3,(H,15,17). The fourth-order valence-corrected chi connectivity index (χ4v) is 1.85. The van der Waals surface area contributed by atoms with E-state index >= 15 is 0 Å². The first-order valence-corrected chi connectivity index (χ1v) is 6.52. The average Bonchev–Trinajstić information content (AvgIpc) is 2.33. The van der Waals surface area contributed by atoms with Crippen molar-refractivity contribution >= 4 is 23.2 Å². The van der Waals surface area contributed by atoms with E-state index in [2.05, 4.69) is 5.32 Å². The number of hydrogen-bond acceptors (Lipinski definition) is 3. The number of nitrogens with one attached hydrogen (secondary N) is 1. The summed E-state index contributed by atoms with van der Waals surface area (Å²) < 4.78 is 0. The van der Waals surface area contributed by atoms with Crippen LogP contribution in [0.3, 0.4) is 0 Å². The molecule has 1 amide bonds. The van der Waals surface area contributed by atoms with Gasteiger partial charge in [0.25, 0.3) is 11.6 Å². The molecule has 1 rings (SSSR count). The van der Waals surface area contributed by atoms with Crippen LogP contribution >= 0.6 is 11.6 Å². The van der Waals surface area contributed by atoms with Crippen molar-refractivity contribution in [3.8, 4) is 0 Å². The molecule has 0 bridgehead atoms. The number of nitro benzene ring substituents is 1. The molecule has 0 radical (unpaired) electrons. The second-order valence-corrected chi connectivity index (χ2v) is 5.18. The molecule has 1 N–H and O–H groups in total. The van der Waals surface area contributed by atoms with E-state index in [0.29, 0.717) is 17.7 Å². The largest absolute Gasteiger partial charge is 0.352 e. The van der Waals surface area contributed by atoms with E-state index in [4.69, 9.17) is 11.6 Å². The highest BCUT2D eigenvalue weighted by Crippen LogP contribution is 2.17. The molecular formula is C13H17ClN2O3. The number of amides is 1. The quantitative estimate of drug-likeness (QED) is 0.378. The third kappa shape index (κ3) is 4.87.